The average Bonchev–Trinajstić information content (AvgIpc) is 3.69. The minimum atomic E-state index is -0.641. The third-order valence-corrected chi connectivity index (χ3v) is 9.25. The molecule has 4 heterocycles. The van der Waals surface area contributed by atoms with Crippen LogP contribution in [0.3, 0.4) is 0 Å². The molecule has 1 fully saturated rings. The first kappa shape index (κ1) is 31.8. The standard InChI is InChI=1S/C31H35BrFN7O3S/c1-31(2,3)43-30(42)39-12-10-18(16-39)40-22(21-15-35-38(6)27(21)29(41)37(4)5)14-20-26(40)19-13-17(9-8-11-34)23(32)24(33)25(19)36-28(20)44-7/h13-15,18H,8-10,12,16H2,1-7H3. The lowest BCUT2D eigenvalue weighted by Gasteiger charge is -2.25. The molecule has 1 saturated heterocycles. The summed E-state index contributed by atoms with van der Waals surface area (Å²) in [6, 6.07) is 5.82. The van der Waals surface area contributed by atoms with Gasteiger partial charge in [0.25, 0.3) is 5.91 Å². The van der Waals surface area contributed by atoms with Crippen molar-refractivity contribution >= 4 is 61.5 Å². The van der Waals surface area contributed by atoms with Gasteiger partial charge in [-0.15, -0.1) is 11.8 Å². The first-order valence-electron chi connectivity index (χ1n) is 14.3. The first-order chi connectivity index (χ1) is 20.8. The van der Waals surface area contributed by atoms with E-state index in [1.54, 1.807) is 36.9 Å². The molecule has 1 aliphatic rings. The number of fused-ring (bicyclic) bond motifs is 3. The Hall–Kier alpha value is -3.63. The number of benzene rings is 1. The maximum Gasteiger partial charge on any atom is 0.410 e. The van der Waals surface area contributed by atoms with Crippen LogP contribution in [0.5, 0.6) is 0 Å². The van der Waals surface area contributed by atoms with Gasteiger partial charge in [0.2, 0.25) is 0 Å². The minimum absolute atomic E-state index is 0.207. The smallest absolute Gasteiger partial charge is 0.410 e. The van der Waals surface area contributed by atoms with Gasteiger partial charge in [-0.25, -0.2) is 14.2 Å². The summed E-state index contributed by atoms with van der Waals surface area (Å²) in [4.78, 5) is 34.4. The lowest BCUT2D eigenvalue weighted by Crippen LogP contribution is -2.35. The highest BCUT2D eigenvalue weighted by atomic mass is 79.9. The molecule has 0 radical (unpaired) electrons. The number of ether oxygens (including phenoxy) is 1. The number of nitrogens with zero attached hydrogens (tertiary/aromatic N) is 7. The summed E-state index contributed by atoms with van der Waals surface area (Å²) < 4.78 is 25.7. The summed E-state index contributed by atoms with van der Waals surface area (Å²) in [5, 5.41) is 15.7. The zero-order valence-electron chi connectivity index (χ0n) is 25.9. The first-order valence-corrected chi connectivity index (χ1v) is 16.3. The molecule has 5 rings (SSSR count). The maximum absolute atomic E-state index is 16.0. The van der Waals surface area contributed by atoms with Crippen molar-refractivity contribution in [2.75, 3.05) is 33.4 Å². The highest BCUT2D eigenvalue weighted by molar-refractivity contribution is 9.10. The molecule has 4 aromatic rings. The van der Waals surface area contributed by atoms with Gasteiger partial charge in [-0.3, -0.25) is 9.48 Å². The number of aromatic nitrogens is 4. The van der Waals surface area contributed by atoms with E-state index in [1.807, 2.05) is 39.2 Å². The molecular formula is C31H35BrFN7O3S. The molecular weight excluding hydrogens is 649 g/mol. The van der Waals surface area contributed by atoms with Crippen molar-refractivity contribution in [2.24, 2.45) is 7.05 Å². The number of likely N-dealkylation sites (tertiary alicyclic amines) is 1. The topological polar surface area (TPSA) is 109 Å². The molecule has 10 nitrogen and oxygen atoms in total. The van der Waals surface area contributed by atoms with Gasteiger partial charge in [0.1, 0.15) is 21.8 Å². The second kappa shape index (κ2) is 12.0. The highest BCUT2D eigenvalue weighted by Crippen LogP contribution is 2.43. The van der Waals surface area contributed by atoms with E-state index >= 15 is 4.39 Å². The molecule has 2 amide bonds. The number of amides is 2. The summed E-state index contributed by atoms with van der Waals surface area (Å²) in [5.74, 6) is -0.700. The number of carbonyl (C=O) groups excluding carboxylic acids is 2. The van der Waals surface area contributed by atoms with Gasteiger partial charge < -0.3 is 19.1 Å². The fourth-order valence-electron chi connectivity index (χ4n) is 5.73. The van der Waals surface area contributed by atoms with Gasteiger partial charge in [0.05, 0.1) is 34.0 Å². The van der Waals surface area contributed by atoms with Crippen molar-refractivity contribution in [3.63, 3.8) is 0 Å². The Morgan fingerprint density at radius 1 is 1.27 bits per heavy atom. The van der Waals surface area contributed by atoms with E-state index in [4.69, 9.17) is 9.72 Å². The number of hydrogen-bond donors (Lipinski definition) is 0. The van der Waals surface area contributed by atoms with Crippen LogP contribution < -0.4 is 0 Å². The molecule has 1 aliphatic heterocycles. The Kier molecular flexibility index (Phi) is 8.70. The highest BCUT2D eigenvalue weighted by Gasteiger charge is 2.35. The molecule has 0 saturated carbocycles. The van der Waals surface area contributed by atoms with Gasteiger partial charge >= 0.3 is 6.09 Å². The summed E-state index contributed by atoms with van der Waals surface area (Å²) >= 11 is 4.82. The third-order valence-electron chi connectivity index (χ3n) is 7.69. The van der Waals surface area contributed by atoms with Crippen LogP contribution in [0.15, 0.2) is 27.8 Å². The average molecular weight is 685 g/mol. The number of hydrogen-bond acceptors (Lipinski definition) is 7. The molecule has 44 heavy (non-hydrogen) atoms. The van der Waals surface area contributed by atoms with E-state index in [-0.39, 0.29) is 23.9 Å². The Morgan fingerprint density at radius 2 is 2.00 bits per heavy atom. The van der Waals surface area contributed by atoms with Crippen LogP contribution in [0, 0.1) is 17.1 Å². The van der Waals surface area contributed by atoms with Gasteiger partial charge in [-0.05, 0) is 73.5 Å². The van der Waals surface area contributed by atoms with E-state index < -0.39 is 17.5 Å². The molecule has 13 heteroatoms. The second-order valence-corrected chi connectivity index (χ2v) is 13.7. The monoisotopic (exact) mass is 683 g/mol. The van der Waals surface area contributed by atoms with Crippen molar-refractivity contribution in [1.82, 2.24) is 29.1 Å². The second-order valence-electron chi connectivity index (χ2n) is 12.1. The third kappa shape index (κ3) is 5.65. The van der Waals surface area contributed by atoms with E-state index in [2.05, 4.69) is 31.7 Å². The van der Waals surface area contributed by atoms with Crippen LogP contribution in [0.1, 0.15) is 55.7 Å². The molecule has 0 bridgehead atoms. The summed E-state index contributed by atoms with van der Waals surface area (Å²) in [6.07, 6.45) is 4.38. The lowest BCUT2D eigenvalue weighted by atomic mass is 10.0. The van der Waals surface area contributed by atoms with E-state index in [0.717, 1.165) is 16.6 Å². The number of nitriles is 1. The van der Waals surface area contributed by atoms with Crippen molar-refractivity contribution in [3.8, 4) is 17.3 Å². The number of aryl methyl sites for hydroxylation is 2. The van der Waals surface area contributed by atoms with Gasteiger partial charge in [-0.1, -0.05) is 0 Å². The van der Waals surface area contributed by atoms with E-state index in [1.165, 1.54) is 16.7 Å². The molecule has 1 unspecified atom stereocenters. The SMILES string of the molecule is CSc1nc2c(F)c(Br)c(CCC#N)cc2c2c1cc(-c1cnn(C)c1C(=O)N(C)C)n2C1CCN(C(=O)OC(C)(C)C)C1. The van der Waals surface area contributed by atoms with E-state index in [0.29, 0.717) is 57.6 Å². The quantitative estimate of drug-likeness (QED) is 0.212. The molecule has 1 atom stereocenters. The molecule has 0 spiro atoms. The van der Waals surface area contributed by atoms with Gasteiger partial charge in [0, 0.05) is 57.0 Å². The van der Waals surface area contributed by atoms with Crippen molar-refractivity contribution < 1.29 is 18.7 Å². The van der Waals surface area contributed by atoms with E-state index in [9.17, 15) is 14.9 Å². The van der Waals surface area contributed by atoms with Crippen molar-refractivity contribution in [3.05, 3.63) is 39.9 Å². The van der Waals surface area contributed by atoms with Crippen molar-refractivity contribution in [1.29, 1.82) is 5.26 Å². The largest absolute Gasteiger partial charge is 0.444 e. The van der Waals surface area contributed by atoms with Crippen LogP contribution in [0.4, 0.5) is 9.18 Å². The number of thioether (sulfide) groups is 1. The number of halogens is 2. The Morgan fingerprint density at radius 3 is 2.64 bits per heavy atom. The maximum atomic E-state index is 16.0. The van der Waals surface area contributed by atoms with Gasteiger partial charge in [-0.2, -0.15) is 10.4 Å². The van der Waals surface area contributed by atoms with Crippen LogP contribution in [0.2, 0.25) is 0 Å². The fraction of sp³-hybridized carbons (Fsp3) is 0.452. The van der Waals surface area contributed by atoms with Crippen LogP contribution in [-0.4, -0.2) is 80.2 Å². The Balaban J connectivity index is 1.83. The molecule has 0 N–H and O–H groups in total. The summed E-state index contributed by atoms with van der Waals surface area (Å²) in [5.41, 5.74) is 2.74. The fourth-order valence-corrected chi connectivity index (χ4v) is 6.79. The predicted molar refractivity (Wildman–Crippen MR) is 172 cm³/mol. The van der Waals surface area contributed by atoms with Crippen LogP contribution in [-0.2, 0) is 18.2 Å². The lowest BCUT2D eigenvalue weighted by molar-refractivity contribution is 0.0289. The number of rotatable bonds is 6. The number of carbonyl (C=O) groups is 2. The minimum Gasteiger partial charge on any atom is -0.444 e. The summed E-state index contributed by atoms with van der Waals surface area (Å²) in [6.45, 7) is 6.34. The Labute approximate surface area is 268 Å². The normalized spacial score (nSPS) is 15.3. The summed E-state index contributed by atoms with van der Waals surface area (Å²) in [7, 11) is 5.11. The predicted octanol–water partition coefficient (Wildman–Crippen LogP) is 6.55. The zero-order chi connectivity index (χ0) is 32.1. The molecule has 1 aromatic carbocycles. The Bertz CT molecular complexity index is 1840. The molecule has 232 valence electrons. The van der Waals surface area contributed by atoms with Crippen molar-refractivity contribution in [2.45, 2.75) is 56.7 Å². The number of pyridine rings is 1. The molecule has 0 aliphatic carbocycles. The van der Waals surface area contributed by atoms with Gasteiger partial charge in [0.15, 0.2) is 5.82 Å². The zero-order valence-corrected chi connectivity index (χ0v) is 28.3. The van der Waals surface area contributed by atoms with Crippen LogP contribution >= 0.6 is 27.7 Å². The van der Waals surface area contributed by atoms with Crippen LogP contribution in [0.25, 0.3) is 33.1 Å². The molecule has 3 aromatic heterocycles.